The zero-order valence-electron chi connectivity index (χ0n) is 22.9. The maximum Gasteiger partial charge on any atom is 0.313 e. The molecule has 4 aliphatic heterocycles. The van der Waals surface area contributed by atoms with E-state index in [-0.39, 0.29) is 24.0 Å². The molecule has 6 fully saturated rings. The fourth-order valence-corrected chi connectivity index (χ4v) is 9.08. The summed E-state index contributed by atoms with van der Waals surface area (Å²) < 4.78 is 10.5. The van der Waals surface area contributed by atoms with E-state index in [0.717, 1.165) is 51.9 Å². The Kier molecular flexibility index (Phi) is 7.63. The zero-order chi connectivity index (χ0) is 27.3. The van der Waals surface area contributed by atoms with Crippen molar-refractivity contribution in [2.24, 2.45) is 10.8 Å². The van der Waals surface area contributed by atoms with E-state index in [1.165, 1.54) is 0 Å². The lowest BCUT2D eigenvalue weighted by Crippen LogP contribution is -2.69. The van der Waals surface area contributed by atoms with Gasteiger partial charge in [-0.1, -0.05) is 0 Å². The van der Waals surface area contributed by atoms with Gasteiger partial charge in [0.15, 0.2) is 0 Å². The molecule has 10 nitrogen and oxygen atoms in total. The quantitative estimate of drug-likeness (QED) is 0.376. The average Bonchev–Trinajstić information content (AvgIpc) is 3.48. The van der Waals surface area contributed by atoms with E-state index in [1.807, 2.05) is 13.8 Å². The predicted octanol–water partition coefficient (Wildman–Crippen LogP) is 0.580. The van der Waals surface area contributed by atoms with Gasteiger partial charge >= 0.3 is 11.9 Å². The number of piperidine rings is 2. The Hall–Kier alpha value is -1.30. The van der Waals surface area contributed by atoms with Crippen molar-refractivity contribution >= 4 is 11.9 Å². The van der Waals surface area contributed by atoms with Crippen molar-refractivity contribution in [3.63, 3.8) is 0 Å². The summed E-state index contributed by atoms with van der Waals surface area (Å²) in [5.41, 5.74) is -3.49. The van der Waals surface area contributed by atoms with Gasteiger partial charge in [-0.25, -0.2) is 0 Å². The Morgan fingerprint density at radius 2 is 1.08 bits per heavy atom. The van der Waals surface area contributed by atoms with E-state index in [1.54, 1.807) is 0 Å². The smallest absolute Gasteiger partial charge is 0.313 e. The number of hydrogen-bond acceptors (Lipinski definition) is 10. The lowest BCUT2D eigenvalue weighted by Gasteiger charge is -2.54. The molecule has 0 unspecified atom stereocenters. The predicted molar refractivity (Wildman–Crippen MR) is 137 cm³/mol. The Balaban J connectivity index is 0.000000155. The maximum atomic E-state index is 12.4. The molecule has 10 heteroatoms. The second-order valence-electron chi connectivity index (χ2n) is 12.4. The van der Waals surface area contributed by atoms with Gasteiger partial charge in [-0.3, -0.25) is 19.4 Å². The van der Waals surface area contributed by atoms with Gasteiger partial charge in [0.25, 0.3) is 0 Å². The van der Waals surface area contributed by atoms with Crippen molar-refractivity contribution in [3.8, 4) is 0 Å². The van der Waals surface area contributed by atoms with E-state index in [2.05, 4.69) is 9.80 Å². The fourth-order valence-electron chi connectivity index (χ4n) is 9.08. The topological polar surface area (TPSA) is 140 Å². The van der Waals surface area contributed by atoms with Gasteiger partial charge < -0.3 is 29.9 Å². The number of nitrogens with zero attached hydrogens (tertiary/aromatic N) is 2. The highest BCUT2D eigenvalue weighted by atomic mass is 16.5. The van der Waals surface area contributed by atoms with Gasteiger partial charge in [-0.05, 0) is 104 Å². The van der Waals surface area contributed by atoms with Gasteiger partial charge in [0.1, 0.15) is 11.2 Å². The second-order valence-corrected chi connectivity index (χ2v) is 12.4. The number of aliphatic hydroxyl groups excluding tert-OH is 2. The number of esters is 2. The molecule has 0 radical (unpaired) electrons. The van der Waals surface area contributed by atoms with Crippen molar-refractivity contribution in [1.82, 2.24) is 9.80 Å². The van der Waals surface area contributed by atoms with Crippen LogP contribution in [0.25, 0.3) is 0 Å². The first kappa shape index (κ1) is 28.2. The van der Waals surface area contributed by atoms with Crippen LogP contribution < -0.4 is 0 Å². The van der Waals surface area contributed by atoms with Gasteiger partial charge in [0, 0.05) is 0 Å². The number of hydrogen-bond donors (Lipinski definition) is 4. The second kappa shape index (κ2) is 10.3. The summed E-state index contributed by atoms with van der Waals surface area (Å²) in [7, 11) is 0. The molecule has 0 spiro atoms. The molecule has 8 atom stereocenters. The largest absolute Gasteiger partial charge is 0.466 e. The van der Waals surface area contributed by atoms with Crippen molar-refractivity contribution in [3.05, 3.63) is 0 Å². The zero-order valence-corrected chi connectivity index (χ0v) is 22.9. The van der Waals surface area contributed by atoms with Crippen LogP contribution in [0.2, 0.25) is 0 Å². The highest BCUT2D eigenvalue weighted by molar-refractivity contribution is 5.79. The van der Waals surface area contributed by atoms with E-state index >= 15 is 0 Å². The molecule has 6 rings (SSSR count). The van der Waals surface area contributed by atoms with E-state index in [9.17, 15) is 30.0 Å². The SMILES string of the molecule is CCOC(=O)[C@@]12CC[C@H](O)[C@@]3(O)CCCN(CC1)[C@@H]23.CCOC(=O)[C@@]12CC[C@H](O)[C@@]3(O)CCCN(CC1)[C@@H]23. The molecule has 4 saturated heterocycles. The van der Waals surface area contributed by atoms with Crippen LogP contribution in [-0.4, -0.2) is 117 Å². The minimum Gasteiger partial charge on any atom is -0.466 e. The molecule has 0 aromatic carbocycles. The summed E-state index contributed by atoms with van der Waals surface area (Å²) in [4.78, 5) is 29.2. The standard InChI is InChI=1S/2C14H23NO4/c2*1-2-19-12(17)13-6-4-10(16)14(18)5-3-8-15(9-7-13)11(13)14/h2*10-11,16,18H,2-9H2,1H3/t2*10-,11-,13-,14-/m00/s1. The first-order valence-corrected chi connectivity index (χ1v) is 14.7. The molecule has 2 saturated carbocycles. The molecule has 38 heavy (non-hydrogen) atoms. The number of carbonyl (C=O) groups is 2. The average molecular weight is 539 g/mol. The molecule has 216 valence electrons. The van der Waals surface area contributed by atoms with Crippen LogP contribution in [0.1, 0.15) is 78.1 Å². The monoisotopic (exact) mass is 538 g/mol. The van der Waals surface area contributed by atoms with Crippen molar-refractivity contribution in [1.29, 1.82) is 0 Å². The fraction of sp³-hybridized carbons (Fsp3) is 0.929. The molecular formula is C28H46N2O8. The minimum absolute atomic E-state index is 0.185. The molecule has 6 aliphatic rings. The Labute approximate surface area is 225 Å². The molecule has 4 heterocycles. The Morgan fingerprint density at radius 3 is 1.45 bits per heavy atom. The number of aliphatic hydroxyl groups is 4. The maximum absolute atomic E-state index is 12.4. The van der Waals surface area contributed by atoms with Crippen molar-refractivity contribution in [2.75, 3.05) is 39.4 Å². The van der Waals surface area contributed by atoms with Crippen LogP contribution in [0.3, 0.4) is 0 Å². The first-order valence-electron chi connectivity index (χ1n) is 14.7. The molecule has 0 aromatic rings. The van der Waals surface area contributed by atoms with Gasteiger partial charge in [0.2, 0.25) is 0 Å². The molecule has 0 amide bonds. The summed E-state index contributed by atoms with van der Waals surface area (Å²) >= 11 is 0. The van der Waals surface area contributed by atoms with Crippen LogP contribution in [-0.2, 0) is 19.1 Å². The molecular weight excluding hydrogens is 492 g/mol. The van der Waals surface area contributed by atoms with Crippen LogP contribution in [0, 0.1) is 10.8 Å². The van der Waals surface area contributed by atoms with Crippen LogP contribution in [0.4, 0.5) is 0 Å². The van der Waals surface area contributed by atoms with Crippen LogP contribution >= 0.6 is 0 Å². The summed E-state index contributed by atoms with van der Waals surface area (Å²) in [6, 6.07) is -0.534. The molecule has 4 N–H and O–H groups in total. The molecule has 0 bridgehead atoms. The lowest BCUT2D eigenvalue weighted by atomic mass is 9.60. The number of ether oxygens (including phenoxy) is 2. The highest BCUT2D eigenvalue weighted by Crippen LogP contribution is 2.56. The van der Waals surface area contributed by atoms with Crippen LogP contribution in [0.15, 0.2) is 0 Å². The van der Waals surface area contributed by atoms with Gasteiger partial charge in [-0.15, -0.1) is 0 Å². The summed E-state index contributed by atoms with van der Waals surface area (Å²) in [5, 5.41) is 42.3. The van der Waals surface area contributed by atoms with Crippen molar-refractivity contribution in [2.45, 2.75) is 114 Å². The molecule has 2 aliphatic carbocycles. The van der Waals surface area contributed by atoms with Crippen LogP contribution in [0.5, 0.6) is 0 Å². The summed E-state index contributed by atoms with van der Waals surface area (Å²) in [5.74, 6) is -0.371. The van der Waals surface area contributed by atoms with E-state index in [4.69, 9.17) is 9.47 Å². The number of rotatable bonds is 4. The third-order valence-corrected chi connectivity index (χ3v) is 10.7. The first-order chi connectivity index (χ1) is 18.1. The van der Waals surface area contributed by atoms with E-state index in [0.29, 0.717) is 51.7 Å². The third kappa shape index (κ3) is 4.05. The number of carbonyl (C=O) groups excluding carboxylic acids is 2. The normalized spacial score (nSPS) is 45.8. The van der Waals surface area contributed by atoms with Gasteiger partial charge in [0.05, 0.1) is 48.3 Å². The summed E-state index contributed by atoms with van der Waals surface area (Å²) in [6.45, 7) is 7.80. The Morgan fingerprint density at radius 1 is 0.684 bits per heavy atom. The highest BCUT2D eigenvalue weighted by Gasteiger charge is 2.68. The summed E-state index contributed by atoms with van der Waals surface area (Å²) in [6.07, 6.45) is 5.17. The van der Waals surface area contributed by atoms with E-state index < -0.39 is 34.2 Å². The van der Waals surface area contributed by atoms with Gasteiger partial charge in [-0.2, -0.15) is 0 Å². The third-order valence-electron chi connectivity index (χ3n) is 10.7. The lowest BCUT2D eigenvalue weighted by molar-refractivity contribution is -0.204. The Bertz CT molecular complexity index is 847. The molecule has 0 aromatic heterocycles. The van der Waals surface area contributed by atoms with Crippen molar-refractivity contribution < 1.29 is 39.5 Å². The minimum atomic E-state index is -1.14.